The van der Waals surface area contributed by atoms with Gasteiger partial charge in [0.05, 0.1) is 5.54 Å². The number of carbonyl (C=O) groups is 1. The first kappa shape index (κ1) is 14.3. The summed E-state index contributed by atoms with van der Waals surface area (Å²) in [6, 6.07) is 10.3. The highest BCUT2D eigenvalue weighted by Crippen LogP contribution is 2.34. The van der Waals surface area contributed by atoms with Crippen molar-refractivity contribution in [2.45, 2.75) is 50.5 Å². The van der Waals surface area contributed by atoms with E-state index in [2.05, 4.69) is 31.1 Å². The second-order valence-corrected chi connectivity index (χ2v) is 5.90. The van der Waals surface area contributed by atoms with Gasteiger partial charge in [0.15, 0.2) is 5.78 Å². The number of rotatable bonds is 5. The van der Waals surface area contributed by atoms with Gasteiger partial charge >= 0.3 is 0 Å². The topological polar surface area (TPSA) is 20.3 Å². The fraction of sp³-hybridized carbons (Fsp3) is 0.588. The van der Waals surface area contributed by atoms with Crippen LogP contribution < -0.4 is 0 Å². The fourth-order valence-electron chi connectivity index (χ4n) is 3.25. The summed E-state index contributed by atoms with van der Waals surface area (Å²) in [7, 11) is 4.12. The molecular weight excluding hydrogens is 234 g/mol. The van der Waals surface area contributed by atoms with E-state index in [1.54, 1.807) is 0 Å². The molecule has 0 aromatic heterocycles. The molecule has 0 spiro atoms. The Kier molecular flexibility index (Phi) is 4.76. The predicted molar refractivity (Wildman–Crippen MR) is 79.3 cm³/mol. The molecule has 1 aromatic rings. The van der Waals surface area contributed by atoms with Gasteiger partial charge in [0.25, 0.3) is 0 Å². The Labute approximate surface area is 116 Å². The largest absolute Gasteiger partial charge is 0.298 e. The Morgan fingerprint density at radius 2 is 1.74 bits per heavy atom. The maximum atomic E-state index is 12.7. The van der Waals surface area contributed by atoms with Gasteiger partial charge in [-0.3, -0.25) is 9.69 Å². The summed E-state index contributed by atoms with van der Waals surface area (Å²) in [6.45, 7) is 0. The van der Waals surface area contributed by atoms with E-state index in [-0.39, 0.29) is 5.54 Å². The molecule has 1 aromatic carbocycles. The third-order valence-electron chi connectivity index (χ3n) is 4.54. The van der Waals surface area contributed by atoms with Crippen molar-refractivity contribution in [3.63, 3.8) is 0 Å². The average Bonchev–Trinajstić information content (AvgIpc) is 2.46. The highest BCUT2D eigenvalue weighted by molar-refractivity contribution is 5.88. The molecule has 0 N–H and O–H groups in total. The van der Waals surface area contributed by atoms with E-state index in [4.69, 9.17) is 0 Å². The summed E-state index contributed by atoms with van der Waals surface area (Å²) < 4.78 is 0. The summed E-state index contributed by atoms with van der Waals surface area (Å²) in [5, 5.41) is 0. The molecule has 0 saturated heterocycles. The van der Waals surface area contributed by atoms with Gasteiger partial charge in [-0.05, 0) is 38.9 Å². The number of hydrogen-bond donors (Lipinski definition) is 0. The lowest BCUT2D eigenvalue weighted by Gasteiger charge is -2.41. The van der Waals surface area contributed by atoms with Crippen LogP contribution in [-0.4, -0.2) is 30.3 Å². The number of carbonyl (C=O) groups excluding carboxylic acids is 1. The third kappa shape index (κ3) is 3.24. The molecule has 1 aliphatic carbocycles. The van der Waals surface area contributed by atoms with Crippen LogP contribution in [-0.2, 0) is 11.2 Å². The van der Waals surface area contributed by atoms with Crippen LogP contribution >= 0.6 is 0 Å². The molecule has 0 radical (unpaired) electrons. The van der Waals surface area contributed by atoms with E-state index in [9.17, 15) is 4.79 Å². The van der Waals surface area contributed by atoms with Gasteiger partial charge in [0.2, 0.25) is 0 Å². The molecule has 0 unspecified atom stereocenters. The van der Waals surface area contributed by atoms with Crippen molar-refractivity contribution in [2.24, 2.45) is 0 Å². The summed E-state index contributed by atoms with van der Waals surface area (Å²) in [6.07, 6.45) is 7.27. The molecule has 0 heterocycles. The minimum Gasteiger partial charge on any atom is -0.298 e. The van der Waals surface area contributed by atoms with E-state index in [1.165, 1.54) is 24.8 Å². The zero-order valence-electron chi connectivity index (χ0n) is 12.2. The summed E-state index contributed by atoms with van der Waals surface area (Å²) >= 11 is 0. The SMILES string of the molecule is CN(C)C1(C(=O)CCc2ccccc2)CCCCC1. The molecule has 0 aliphatic heterocycles. The van der Waals surface area contributed by atoms with E-state index < -0.39 is 0 Å². The molecular formula is C17H25NO. The van der Waals surface area contributed by atoms with Crippen LogP contribution in [0.4, 0.5) is 0 Å². The average molecular weight is 259 g/mol. The standard InChI is InChI=1S/C17H25NO/c1-18(2)17(13-7-4-8-14-17)16(19)12-11-15-9-5-3-6-10-15/h3,5-6,9-10H,4,7-8,11-14H2,1-2H3. The monoisotopic (exact) mass is 259 g/mol. The lowest BCUT2D eigenvalue weighted by atomic mass is 9.76. The summed E-state index contributed by atoms with van der Waals surface area (Å²) in [4.78, 5) is 14.9. The molecule has 1 fully saturated rings. The minimum atomic E-state index is -0.187. The van der Waals surface area contributed by atoms with Gasteiger partial charge in [0, 0.05) is 6.42 Å². The lowest BCUT2D eigenvalue weighted by molar-refractivity contribution is -0.131. The maximum Gasteiger partial charge on any atom is 0.153 e. The Bertz CT molecular complexity index is 405. The van der Waals surface area contributed by atoms with Crippen LogP contribution in [0.2, 0.25) is 0 Å². The summed E-state index contributed by atoms with van der Waals surface area (Å²) in [5.74, 6) is 0.432. The van der Waals surface area contributed by atoms with Crippen LogP contribution in [0, 0.1) is 0 Å². The van der Waals surface area contributed by atoms with Crippen molar-refractivity contribution in [1.29, 1.82) is 0 Å². The zero-order chi connectivity index (χ0) is 13.7. The van der Waals surface area contributed by atoms with Crippen LogP contribution in [0.25, 0.3) is 0 Å². The first-order chi connectivity index (χ1) is 9.15. The van der Waals surface area contributed by atoms with Gasteiger partial charge in [-0.25, -0.2) is 0 Å². The molecule has 2 nitrogen and oxygen atoms in total. The predicted octanol–water partition coefficient (Wildman–Crippen LogP) is 3.45. The number of nitrogens with zero attached hydrogens (tertiary/aromatic N) is 1. The highest BCUT2D eigenvalue weighted by Gasteiger charge is 2.40. The molecule has 1 aliphatic rings. The summed E-state index contributed by atoms with van der Waals surface area (Å²) in [5.41, 5.74) is 1.08. The Morgan fingerprint density at radius 1 is 1.11 bits per heavy atom. The van der Waals surface area contributed by atoms with Crippen molar-refractivity contribution in [1.82, 2.24) is 4.90 Å². The second kappa shape index (κ2) is 6.33. The van der Waals surface area contributed by atoms with Crippen LogP contribution in [0.1, 0.15) is 44.1 Å². The maximum absolute atomic E-state index is 12.7. The van der Waals surface area contributed by atoms with Crippen LogP contribution in [0.15, 0.2) is 30.3 Å². The molecule has 2 rings (SSSR count). The number of hydrogen-bond acceptors (Lipinski definition) is 2. The van der Waals surface area contributed by atoms with Crippen LogP contribution in [0.5, 0.6) is 0 Å². The number of Topliss-reactive ketones (excluding diaryl/α,β-unsaturated/α-hetero) is 1. The van der Waals surface area contributed by atoms with E-state index in [0.717, 1.165) is 19.3 Å². The smallest absolute Gasteiger partial charge is 0.153 e. The minimum absolute atomic E-state index is 0.187. The first-order valence-electron chi connectivity index (χ1n) is 7.40. The van der Waals surface area contributed by atoms with Crippen molar-refractivity contribution in [2.75, 3.05) is 14.1 Å². The Hall–Kier alpha value is -1.15. The van der Waals surface area contributed by atoms with Gasteiger partial charge in [-0.15, -0.1) is 0 Å². The Balaban J connectivity index is 2.00. The molecule has 0 atom stereocenters. The second-order valence-electron chi connectivity index (χ2n) is 5.90. The van der Waals surface area contributed by atoms with Gasteiger partial charge < -0.3 is 0 Å². The molecule has 19 heavy (non-hydrogen) atoms. The van der Waals surface area contributed by atoms with E-state index in [1.807, 2.05) is 18.2 Å². The van der Waals surface area contributed by atoms with Crippen LogP contribution in [0.3, 0.4) is 0 Å². The fourth-order valence-corrected chi connectivity index (χ4v) is 3.25. The van der Waals surface area contributed by atoms with Crippen molar-refractivity contribution in [3.8, 4) is 0 Å². The van der Waals surface area contributed by atoms with Crippen molar-refractivity contribution in [3.05, 3.63) is 35.9 Å². The quantitative estimate of drug-likeness (QED) is 0.807. The normalized spacial score (nSPS) is 18.5. The molecule has 2 heteroatoms. The Morgan fingerprint density at radius 3 is 2.32 bits per heavy atom. The van der Waals surface area contributed by atoms with Gasteiger partial charge in [-0.2, -0.15) is 0 Å². The third-order valence-corrected chi connectivity index (χ3v) is 4.54. The zero-order valence-corrected chi connectivity index (χ0v) is 12.2. The van der Waals surface area contributed by atoms with Crippen molar-refractivity contribution >= 4 is 5.78 Å². The molecule has 0 amide bonds. The molecule has 0 bridgehead atoms. The van der Waals surface area contributed by atoms with Gasteiger partial charge in [0.1, 0.15) is 0 Å². The van der Waals surface area contributed by atoms with E-state index in [0.29, 0.717) is 12.2 Å². The van der Waals surface area contributed by atoms with Gasteiger partial charge in [-0.1, -0.05) is 49.6 Å². The highest BCUT2D eigenvalue weighted by atomic mass is 16.1. The lowest BCUT2D eigenvalue weighted by Crippen LogP contribution is -2.52. The number of benzene rings is 1. The molecule has 1 saturated carbocycles. The number of ketones is 1. The van der Waals surface area contributed by atoms with E-state index >= 15 is 0 Å². The first-order valence-corrected chi connectivity index (χ1v) is 7.40. The number of likely N-dealkylation sites (N-methyl/N-ethyl adjacent to an activating group) is 1. The molecule has 104 valence electrons. The number of aryl methyl sites for hydroxylation is 1. The van der Waals surface area contributed by atoms with Crippen molar-refractivity contribution < 1.29 is 4.79 Å².